The Morgan fingerprint density at radius 2 is 1.82 bits per heavy atom. The molecule has 0 saturated carbocycles. The predicted molar refractivity (Wildman–Crippen MR) is 170 cm³/mol. The fraction of sp³-hybridized carbons (Fsp3) is 0.156. The van der Waals surface area contributed by atoms with E-state index >= 15 is 0 Å². The Labute approximate surface area is 269 Å². The van der Waals surface area contributed by atoms with Crippen LogP contribution in [0.15, 0.2) is 90.6 Å². The number of carbonyl (C=O) groups excluding carboxylic acids is 1. The van der Waals surface area contributed by atoms with Gasteiger partial charge in [-0.15, -0.1) is 0 Å². The van der Waals surface area contributed by atoms with Crippen LogP contribution < -0.4 is 14.9 Å². The van der Waals surface area contributed by atoms with Crippen molar-refractivity contribution >= 4 is 52.3 Å². The molecule has 228 valence electrons. The molecule has 1 aliphatic heterocycles. The average molecular weight is 665 g/mol. The molecule has 13 heteroatoms. The molecule has 10 nitrogen and oxygen atoms in total. The number of esters is 1. The number of nitro benzene ring substituents is 1. The number of rotatable bonds is 7. The minimum Gasteiger partial charge on any atom is -0.463 e. The van der Waals surface area contributed by atoms with Crippen LogP contribution in [0.4, 0.5) is 5.69 Å². The van der Waals surface area contributed by atoms with E-state index < -0.39 is 22.5 Å². The van der Waals surface area contributed by atoms with Crippen molar-refractivity contribution in [2.45, 2.75) is 26.8 Å². The van der Waals surface area contributed by atoms with Gasteiger partial charge in [-0.1, -0.05) is 40.6 Å². The zero-order valence-electron chi connectivity index (χ0n) is 24.0. The number of fused-ring (bicyclic) bond motifs is 1. The van der Waals surface area contributed by atoms with Crippen molar-refractivity contribution in [2.75, 3.05) is 6.61 Å². The van der Waals surface area contributed by atoms with E-state index in [4.69, 9.17) is 36.8 Å². The van der Waals surface area contributed by atoms with Crippen molar-refractivity contribution < 1.29 is 23.3 Å². The summed E-state index contributed by atoms with van der Waals surface area (Å²) >= 11 is 13.5. The smallest absolute Gasteiger partial charge is 0.338 e. The highest BCUT2D eigenvalue weighted by Crippen LogP contribution is 2.36. The largest absolute Gasteiger partial charge is 0.463 e. The second kappa shape index (κ2) is 12.0. The SMILES string of the molecule is CCOC(=O)C1=C(C)N=c2s/c(=C\c3ccc(-c4ccc(Cl)cc4Cl)o3)c(=O)n2[C@@H]1c1ccc(-c2cc([N+](=O)[O-])ccc2C)o1. The maximum absolute atomic E-state index is 14.0. The van der Waals surface area contributed by atoms with Crippen molar-refractivity contribution in [3.05, 3.63) is 129 Å². The van der Waals surface area contributed by atoms with E-state index in [2.05, 4.69) is 4.99 Å². The van der Waals surface area contributed by atoms with E-state index in [0.29, 0.717) is 53.5 Å². The monoisotopic (exact) mass is 663 g/mol. The number of hydrogen-bond acceptors (Lipinski definition) is 9. The van der Waals surface area contributed by atoms with Gasteiger partial charge in [0.25, 0.3) is 11.2 Å². The molecule has 0 amide bonds. The Bertz CT molecular complexity index is 2220. The van der Waals surface area contributed by atoms with Gasteiger partial charge in [0.1, 0.15) is 29.1 Å². The van der Waals surface area contributed by atoms with Gasteiger partial charge in [-0.05, 0) is 68.8 Å². The number of nitro groups is 1. The summed E-state index contributed by atoms with van der Waals surface area (Å²) in [5, 5.41) is 12.3. The third kappa shape index (κ3) is 5.66. The van der Waals surface area contributed by atoms with Crippen LogP contribution in [0.3, 0.4) is 0 Å². The van der Waals surface area contributed by atoms with E-state index in [-0.39, 0.29) is 23.6 Å². The average Bonchev–Trinajstić information content (AvgIpc) is 3.73. The molecule has 0 N–H and O–H groups in total. The van der Waals surface area contributed by atoms with E-state index in [9.17, 15) is 19.7 Å². The van der Waals surface area contributed by atoms with Gasteiger partial charge in [0, 0.05) is 34.4 Å². The predicted octanol–water partition coefficient (Wildman–Crippen LogP) is 6.84. The quantitative estimate of drug-likeness (QED) is 0.106. The van der Waals surface area contributed by atoms with Gasteiger partial charge in [0.15, 0.2) is 4.80 Å². The maximum Gasteiger partial charge on any atom is 0.338 e. The Morgan fingerprint density at radius 1 is 1.07 bits per heavy atom. The Kier molecular flexibility index (Phi) is 8.08. The molecule has 0 bridgehead atoms. The molecule has 0 fully saturated rings. The molecular formula is C32H23Cl2N3O7S. The summed E-state index contributed by atoms with van der Waals surface area (Å²) in [5.74, 6) is 0.862. The van der Waals surface area contributed by atoms with Crippen molar-refractivity contribution in [1.82, 2.24) is 4.57 Å². The second-order valence-corrected chi connectivity index (χ2v) is 11.9. The van der Waals surface area contributed by atoms with Crippen molar-refractivity contribution in [3.63, 3.8) is 0 Å². The summed E-state index contributed by atoms with van der Waals surface area (Å²) in [5.41, 5.74) is 1.90. The van der Waals surface area contributed by atoms with Crippen LogP contribution in [0.5, 0.6) is 0 Å². The van der Waals surface area contributed by atoms with Crippen LogP contribution in [0.1, 0.15) is 37.0 Å². The minimum atomic E-state index is -1.00. The third-order valence-electron chi connectivity index (χ3n) is 7.21. The number of ether oxygens (including phenoxy) is 1. The summed E-state index contributed by atoms with van der Waals surface area (Å²) < 4.78 is 19.3. The topological polar surface area (TPSA) is 130 Å². The number of aryl methyl sites for hydroxylation is 1. The summed E-state index contributed by atoms with van der Waals surface area (Å²) in [4.78, 5) is 43.1. The molecule has 1 aliphatic rings. The number of carbonyl (C=O) groups is 1. The van der Waals surface area contributed by atoms with E-state index in [0.717, 1.165) is 16.9 Å². The molecule has 0 unspecified atom stereocenters. The number of non-ortho nitro benzene ring substituents is 1. The summed E-state index contributed by atoms with van der Waals surface area (Å²) in [7, 11) is 0. The van der Waals surface area contributed by atoms with Crippen LogP contribution in [-0.4, -0.2) is 22.1 Å². The fourth-order valence-electron chi connectivity index (χ4n) is 5.09. The number of hydrogen-bond donors (Lipinski definition) is 0. The lowest BCUT2D eigenvalue weighted by molar-refractivity contribution is -0.384. The standard InChI is InChI=1S/C32H23Cl2N3O7S/c1-4-42-31(39)28-17(3)35-32-36(29(28)26-12-11-25(44-26)22-14-19(37(40)41)7-5-16(22)2)30(38)27(45-32)15-20-8-10-24(43-20)21-9-6-18(33)13-23(21)34/h5-15,29H,4H2,1-3H3/b27-15-/t29-/m1/s1. The number of allylic oxidation sites excluding steroid dienone is 1. The van der Waals surface area contributed by atoms with Gasteiger partial charge in [0.2, 0.25) is 0 Å². The summed E-state index contributed by atoms with van der Waals surface area (Å²) in [6, 6.07) is 15.3. The van der Waals surface area contributed by atoms with E-state index in [1.165, 1.54) is 16.7 Å². The van der Waals surface area contributed by atoms with Crippen LogP contribution in [0.2, 0.25) is 10.0 Å². The normalized spacial score (nSPS) is 14.8. The van der Waals surface area contributed by atoms with Gasteiger partial charge >= 0.3 is 5.97 Å². The molecule has 6 rings (SSSR count). The minimum absolute atomic E-state index is 0.0936. The number of halogens is 2. The van der Waals surface area contributed by atoms with Gasteiger partial charge < -0.3 is 13.6 Å². The molecule has 3 aromatic heterocycles. The van der Waals surface area contributed by atoms with E-state index in [1.54, 1.807) is 75.4 Å². The number of thiazole rings is 1. The first-order valence-electron chi connectivity index (χ1n) is 13.7. The van der Waals surface area contributed by atoms with Crippen LogP contribution in [0, 0.1) is 17.0 Å². The second-order valence-electron chi connectivity index (χ2n) is 10.1. The lowest BCUT2D eigenvalue weighted by Gasteiger charge is -2.22. The lowest BCUT2D eigenvalue weighted by atomic mass is 10.0. The van der Waals surface area contributed by atoms with Crippen molar-refractivity contribution in [1.29, 1.82) is 0 Å². The number of benzene rings is 2. The zero-order valence-corrected chi connectivity index (χ0v) is 26.3. The molecule has 0 saturated heterocycles. The molecule has 5 aromatic rings. The number of aromatic nitrogens is 1. The first-order chi connectivity index (χ1) is 21.5. The Morgan fingerprint density at radius 3 is 2.56 bits per heavy atom. The Hall–Kier alpha value is -4.71. The Balaban J connectivity index is 1.47. The van der Waals surface area contributed by atoms with E-state index in [1.807, 2.05) is 0 Å². The number of nitrogens with zero attached hydrogens (tertiary/aromatic N) is 3. The van der Waals surface area contributed by atoms with Crippen LogP contribution in [0.25, 0.3) is 28.7 Å². The molecule has 0 radical (unpaired) electrons. The van der Waals surface area contributed by atoms with Crippen LogP contribution >= 0.6 is 34.5 Å². The summed E-state index contributed by atoms with van der Waals surface area (Å²) in [6.45, 7) is 5.27. The fourth-order valence-corrected chi connectivity index (χ4v) is 6.62. The molecule has 0 spiro atoms. The molecule has 0 aliphatic carbocycles. The summed E-state index contributed by atoms with van der Waals surface area (Å²) in [6.07, 6.45) is 1.59. The van der Waals surface area contributed by atoms with Crippen LogP contribution in [-0.2, 0) is 9.53 Å². The molecule has 1 atom stereocenters. The third-order valence-corrected chi connectivity index (χ3v) is 8.74. The van der Waals surface area contributed by atoms with Gasteiger partial charge in [-0.3, -0.25) is 19.5 Å². The molecule has 2 aromatic carbocycles. The van der Waals surface area contributed by atoms with Gasteiger partial charge in [-0.25, -0.2) is 9.79 Å². The van der Waals surface area contributed by atoms with Crippen molar-refractivity contribution in [3.8, 4) is 22.6 Å². The first kappa shape index (κ1) is 30.3. The maximum atomic E-state index is 14.0. The van der Waals surface area contributed by atoms with Gasteiger partial charge in [-0.2, -0.15) is 0 Å². The van der Waals surface area contributed by atoms with Crippen molar-refractivity contribution in [2.24, 2.45) is 4.99 Å². The lowest BCUT2D eigenvalue weighted by Crippen LogP contribution is -2.39. The highest BCUT2D eigenvalue weighted by molar-refractivity contribution is 7.07. The number of furan rings is 2. The molecule has 45 heavy (non-hydrogen) atoms. The highest BCUT2D eigenvalue weighted by Gasteiger charge is 2.35. The van der Waals surface area contributed by atoms with Gasteiger partial charge in [0.05, 0.1) is 32.4 Å². The molecule has 4 heterocycles. The zero-order chi connectivity index (χ0) is 32.0. The highest BCUT2D eigenvalue weighted by atomic mass is 35.5. The molecular weight excluding hydrogens is 641 g/mol. The first-order valence-corrected chi connectivity index (χ1v) is 15.2.